The van der Waals surface area contributed by atoms with Crippen molar-refractivity contribution in [2.24, 2.45) is 0 Å². The number of hydrogen-bond donors (Lipinski definition) is 2. The lowest BCUT2D eigenvalue weighted by molar-refractivity contribution is -0.385. The van der Waals surface area contributed by atoms with Gasteiger partial charge in [0.15, 0.2) is 5.82 Å². The van der Waals surface area contributed by atoms with Gasteiger partial charge in [-0.1, -0.05) is 35.9 Å². The van der Waals surface area contributed by atoms with E-state index in [0.29, 0.717) is 11.3 Å². The van der Waals surface area contributed by atoms with E-state index in [1.165, 1.54) is 12.1 Å². The van der Waals surface area contributed by atoms with Crippen molar-refractivity contribution in [2.75, 3.05) is 4.72 Å². The second-order valence-corrected chi connectivity index (χ2v) is 7.50. The van der Waals surface area contributed by atoms with Crippen molar-refractivity contribution < 1.29 is 13.3 Å². The van der Waals surface area contributed by atoms with Crippen LogP contribution in [0.15, 0.2) is 53.4 Å². The molecule has 9 heteroatoms. The number of nitro benzene ring substituents is 1. The number of nitro groups is 1. The van der Waals surface area contributed by atoms with Gasteiger partial charge in [0.1, 0.15) is 0 Å². The Morgan fingerprint density at radius 3 is 2.42 bits per heavy atom. The fourth-order valence-corrected chi connectivity index (χ4v) is 3.70. The van der Waals surface area contributed by atoms with E-state index in [0.717, 1.165) is 17.2 Å². The van der Waals surface area contributed by atoms with Crippen molar-refractivity contribution in [2.45, 2.75) is 18.7 Å². The Bertz CT molecular complexity index is 1070. The number of aromatic amines is 1. The third-order valence-corrected chi connectivity index (χ3v) is 5.35. The number of rotatable bonds is 5. The topological polar surface area (TPSA) is 118 Å². The molecule has 0 saturated heterocycles. The minimum Gasteiger partial charge on any atom is -0.276 e. The van der Waals surface area contributed by atoms with E-state index >= 15 is 0 Å². The molecule has 0 unspecified atom stereocenters. The molecule has 134 valence electrons. The summed E-state index contributed by atoms with van der Waals surface area (Å²) < 4.78 is 27.6. The standard InChI is InChI=1S/C17H16N4O4S/c1-11-3-6-13(7-4-11)15-10-17(19-18-15)20-26(24,25)16-9-14(21(22)23)8-5-12(16)2/h3-10H,1-2H3,(H2,18,19,20). The number of nitrogens with zero attached hydrogens (tertiary/aromatic N) is 2. The predicted molar refractivity (Wildman–Crippen MR) is 97.4 cm³/mol. The van der Waals surface area contributed by atoms with Crippen molar-refractivity contribution >= 4 is 21.5 Å². The summed E-state index contributed by atoms with van der Waals surface area (Å²) in [5, 5.41) is 17.6. The molecule has 26 heavy (non-hydrogen) atoms. The summed E-state index contributed by atoms with van der Waals surface area (Å²) in [6.07, 6.45) is 0. The Balaban J connectivity index is 1.90. The van der Waals surface area contributed by atoms with Crippen LogP contribution in [0, 0.1) is 24.0 Å². The van der Waals surface area contributed by atoms with E-state index < -0.39 is 14.9 Å². The number of hydrogen-bond acceptors (Lipinski definition) is 5. The second-order valence-electron chi connectivity index (χ2n) is 5.85. The van der Waals surface area contributed by atoms with Gasteiger partial charge < -0.3 is 0 Å². The van der Waals surface area contributed by atoms with Crippen LogP contribution in [0.1, 0.15) is 11.1 Å². The van der Waals surface area contributed by atoms with Crippen LogP contribution in [-0.4, -0.2) is 23.5 Å². The molecule has 0 aliphatic heterocycles. The van der Waals surface area contributed by atoms with Crippen molar-refractivity contribution in [3.63, 3.8) is 0 Å². The van der Waals surface area contributed by atoms with Gasteiger partial charge in [-0.3, -0.25) is 19.9 Å². The van der Waals surface area contributed by atoms with E-state index in [4.69, 9.17) is 0 Å². The van der Waals surface area contributed by atoms with Crippen molar-refractivity contribution in [1.29, 1.82) is 0 Å². The molecule has 0 aliphatic carbocycles. The normalized spacial score (nSPS) is 11.3. The van der Waals surface area contributed by atoms with E-state index in [9.17, 15) is 18.5 Å². The Morgan fingerprint density at radius 1 is 1.08 bits per heavy atom. The molecule has 0 atom stereocenters. The van der Waals surface area contributed by atoms with Gasteiger partial charge >= 0.3 is 0 Å². The zero-order valence-corrected chi connectivity index (χ0v) is 14.9. The first kappa shape index (κ1) is 17.6. The summed E-state index contributed by atoms with van der Waals surface area (Å²) in [5.41, 5.74) is 2.73. The van der Waals surface area contributed by atoms with Crippen LogP contribution in [0.25, 0.3) is 11.3 Å². The SMILES string of the molecule is Cc1ccc(-c2cc(NS(=O)(=O)c3cc([N+](=O)[O-])ccc3C)n[nH]2)cc1. The highest BCUT2D eigenvalue weighted by atomic mass is 32.2. The van der Waals surface area contributed by atoms with E-state index in [2.05, 4.69) is 14.9 Å². The highest BCUT2D eigenvalue weighted by Crippen LogP contribution is 2.25. The van der Waals surface area contributed by atoms with Gasteiger partial charge in [0.2, 0.25) is 0 Å². The predicted octanol–water partition coefficient (Wildman–Crippen LogP) is 3.40. The van der Waals surface area contributed by atoms with Crippen LogP contribution >= 0.6 is 0 Å². The molecule has 0 aliphatic rings. The summed E-state index contributed by atoms with van der Waals surface area (Å²) in [4.78, 5) is 10.1. The number of aromatic nitrogens is 2. The Hall–Kier alpha value is -3.20. The third kappa shape index (κ3) is 3.57. The average Bonchev–Trinajstić information content (AvgIpc) is 3.03. The Morgan fingerprint density at radius 2 is 1.77 bits per heavy atom. The van der Waals surface area contributed by atoms with Crippen LogP contribution in [0.4, 0.5) is 11.5 Å². The van der Waals surface area contributed by atoms with Gasteiger partial charge in [0.05, 0.1) is 15.5 Å². The molecule has 0 radical (unpaired) electrons. The van der Waals surface area contributed by atoms with Crippen molar-refractivity contribution in [3.8, 4) is 11.3 Å². The van der Waals surface area contributed by atoms with Gasteiger partial charge in [-0.2, -0.15) is 5.10 Å². The number of benzene rings is 2. The molecule has 1 heterocycles. The maximum absolute atomic E-state index is 12.6. The van der Waals surface area contributed by atoms with Crippen molar-refractivity contribution in [3.05, 3.63) is 69.8 Å². The zero-order chi connectivity index (χ0) is 18.9. The Kier molecular flexibility index (Phi) is 4.47. The average molecular weight is 372 g/mol. The van der Waals surface area contributed by atoms with Crippen LogP contribution < -0.4 is 4.72 Å². The van der Waals surface area contributed by atoms with Crippen LogP contribution in [0.3, 0.4) is 0 Å². The minimum absolute atomic E-state index is 0.103. The largest absolute Gasteiger partial charge is 0.276 e. The van der Waals surface area contributed by atoms with Gasteiger partial charge in [-0.05, 0) is 25.0 Å². The fourth-order valence-electron chi connectivity index (χ4n) is 2.44. The quantitative estimate of drug-likeness (QED) is 0.526. The number of nitrogens with one attached hydrogen (secondary N) is 2. The Labute approximate surface area is 150 Å². The number of non-ortho nitro benzene ring substituents is 1. The molecule has 8 nitrogen and oxygen atoms in total. The molecule has 0 spiro atoms. The molecule has 2 N–H and O–H groups in total. The van der Waals surface area contributed by atoms with Crippen LogP contribution in [-0.2, 0) is 10.0 Å². The fraction of sp³-hybridized carbons (Fsp3) is 0.118. The summed E-state index contributed by atoms with van der Waals surface area (Å²) in [7, 11) is -4.01. The lowest BCUT2D eigenvalue weighted by atomic mass is 10.1. The van der Waals surface area contributed by atoms with Gasteiger partial charge in [-0.25, -0.2) is 8.42 Å². The summed E-state index contributed by atoms with van der Waals surface area (Å²) in [6, 6.07) is 12.9. The third-order valence-electron chi connectivity index (χ3n) is 3.85. The van der Waals surface area contributed by atoms with E-state index in [-0.39, 0.29) is 16.4 Å². The molecule has 0 amide bonds. The van der Waals surface area contributed by atoms with Crippen LogP contribution in [0.2, 0.25) is 0 Å². The monoisotopic (exact) mass is 372 g/mol. The maximum Gasteiger partial charge on any atom is 0.270 e. The molecule has 1 aromatic heterocycles. The van der Waals surface area contributed by atoms with Crippen LogP contribution in [0.5, 0.6) is 0 Å². The summed E-state index contributed by atoms with van der Waals surface area (Å²) in [6.45, 7) is 3.54. The van der Waals surface area contributed by atoms with E-state index in [1.54, 1.807) is 13.0 Å². The summed E-state index contributed by atoms with van der Waals surface area (Å²) in [5.74, 6) is 0.103. The van der Waals surface area contributed by atoms with Crippen molar-refractivity contribution in [1.82, 2.24) is 10.2 Å². The van der Waals surface area contributed by atoms with Gasteiger partial charge in [0.25, 0.3) is 15.7 Å². The molecule has 3 aromatic rings. The summed E-state index contributed by atoms with van der Waals surface area (Å²) >= 11 is 0. The molecular weight excluding hydrogens is 356 g/mol. The first-order chi connectivity index (χ1) is 12.3. The second kappa shape index (κ2) is 6.60. The van der Waals surface area contributed by atoms with E-state index in [1.807, 2.05) is 31.2 Å². The minimum atomic E-state index is -4.01. The number of anilines is 1. The number of aryl methyl sites for hydroxylation is 2. The van der Waals surface area contributed by atoms with Gasteiger partial charge in [-0.15, -0.1) is 0 Å². The smallest absolute Gasteiger partial charge is 0.270 e. The number of sulfonamides is 1. The zero-order valence-electron chi connectivity index (χ0n) is 14.1. The highest BCUT2D eigenvalue weighted by Gasteiger charge is 2.21. The molecule has 0 saturated carbocycles. The first-order valence-electron chi connectivity index (χ1n) is 7.66. The number of H-pyrrole nitrogens is 1. The molecular formula is C17H16N4O4S. The highest BCUT2D eigenvalue weighted by molar-refractivity contribution is 7.92. The molecule has 3 rings (SSSR count). The lowest BCUT2D eigenvalue weighted by Gasteiger charge is -2.08. The maximum atomic E-state index is 12.6. The lowest BCUT2D eigenvalue weighted by Crippen LogP contribution is -2.14. The molecule has 0 fully saturated rings. The van der Waals surface area contributed by atoms with Gasteiger partial charge in [0, 0.05) is 18.2 Å². The first-order valence-corrected chi connectivity index (χ1v) is 9.15. The molecule has 0 bridgehead atoms. The molecule has 2 aromatic carbocycles.